The minimum Gasteiger partial charge on any atom is -0.319 e. The second-order valence-corrected chi connectivity index (χ2v) is 4.54. The van der Waals surface area contributed by atoms with Gasteiger partial charge in [0.2, 0.25) is 0 Å². The highest BCUT2D eigenvalue weighted by Crippen LogP contribution is 2.17. The monoisotopic (exact) mass is 248 g/mol. The fourth-order valence-corrected chi connectivity index (χ4v) is 2.01. The van der Waals surface area contributed by atoms with Gasteiger partial charge in [-0.05, 0) is 20.8 Å². The highest BCUT2D eigenvalue weighted by Gasteiger charge is 2.15. The van der Waals surface area contributed by atoms with E-state index < -0.39 is 0 Å². The number of hydrogen-bond acceptors (Lipinski definition) is 4. The van der Waals surface area contributed by atoms with Crippen molar-refractivity contribution in [2.45, 2.75) is 39.4 Å². The average Bonchev–Trinajstić information content (AvgIpc) is 2.96. The Bertz CT molecular complexity index is 500. The van der Waals surface area contributed by atoms with Gasteiger partial charge in [0.1, 0.15) is 12.2 Å². The maximum atomic E-state index is 4.29. The van der Waals surface area contributed by atoms with Crippen LogP contribution in [0.2, 0.25) is 0 Å². The van der Waals surface area contributed by atoms with Crippen molar-refractivity contribution >= 4 is 0 Å². The Morgan fingerprint density at radius 2 is 2.11 bits per heavy atom. The summed E-state index contributed by atoms with van der Waals surface area (Å²) in [5.74, 6) is 0.935. The Morgan fingerprint density at radius 1 is 1.33 bits per heavy atom. The highest BCUT2D eigenvalue weighted by molar-refractivity contribution is 5.10. The molecule has 0 bridgehead atoms. The molecule has 0 fully saturated rings. The minimum atomic E-state index is 0.150. The molecule has 18 heavy (non-hydrogen) atoms. The molecule has 0 saturated heterocycles. The van der Waals surface area contributed by atoms with Crippen LogP contribution in [0.3, 0.4) is 0 Å². The molecule has 0 radical (unpaired) electrons. The van der Waals surface area contributed by atoms with E-state index >= 15 is 0 Å². The van der Waals surface area contributed by atoms with Gasteiger partial charge in [0, 0.05) is 31.4 Å². The maximum Gasteiger partial charge on any atom is 0.149 e. The molecular formula is C12H20N6. The van der Waals surface area contributed by atoms with Crippen LogP contribution in [0.5, 0.6) is 0 Å². The lowest BCUT2D eigenvalue weighted by Gasteiger charge is -2.18. The Hall–Kier alpha value is -1.69. The molecule has 2 rings (SSSR count). The van der Waals surface area contributed by atoms with E-state index in [0.29, 0.717) is 0 Å². The number of hydrogen-bond donors (Lipinski definition) is 1. The van der Waals surface area contributed by atoms with Gasteiger partial charge in [-0.25, -0.2) is 0 Å². The lowest BCUT2D eigenvalue weighted by Crippen LogP contribution is -2.24. The van der Waals surface area contributed by atoms with E-state index in [2.05, 4.69) is 47.6 Å². The van der Waals surface area contributed by atoms with Crippen molar-refractivity contribution < 1.29 is 0 Å². The lowest BCUT2D eigenvalue weighted by atomic mass is 10.1. The topological polar surface area (TPSA) is 60.6 Å². The average molecular weight is 248 g/mol. The molecule has 2 aromatic heterocycles. The molecule has 6 heteroatoms. The molecule has 0 saturated carbocycles. The van der Waals surface area contributed by atoms with Crippen molar-refractivity contribution in [2.75, 3.05) is 0 Å². The van der Waals surface area contributed by atoms with Gasteiger partial charge in [0.25, 0.3) is 0 Å². The molecule has 6 nitrogen and oxygen atoms in total. The predicted octanol–water partition coefficient (Wildman–Crippen LogP) is 1.44. The molecule has 2 heterocycles. The Balaban J connectivity index is 2.03. The number of rotatable bonds is 5. The normalized spacial score (nSPS) is 14.7. The van der Waals surface area contributed by atoms with E-state index in [1.54, 1.807) is 6.33 Å². The summed E-state index contributed by atoms with van der Waals surface area (Å²) in [6.45, 7) is 7.19. The number of aromatic nitrogens is 5. The minimum absolute atomic E-state index is 0.150. The Labute approximate surface area is 107 Å². The summed E-state index contributed by atoms with van der Waals surface area (Å²) in [6, 6.07) is 0.384. The standard InChI is InChI=1S/C12H20N6/c1-5-18-7-11(6-14-18)9(2)15-10(3)12-16-13-8-17(12)4/h6-10,15H,5H2,1-4H3. The van der Waals surface area contributed by atoms with Gasteiger partial charge in [-0.2, -0.15) is 5.10 Å². The van der Waals surface area contributed by atoms with E-state index in [4.69, 9.17) is 0 Å². The van der Waals surface area contributed by atoms with Crippen LogP contribution in [-0.4, -0.2) is 24.5 Å². The fourth-order valence-electron chi connectivity index (χ4n) is 2.01. The van der Waals surface area contributed by atoms with Crippen molar-refractivity contribution in [3.05, 3.63) is 30.1 Å². The van der Waals surface area contributed by atoms with E-state index in [0.717, 1.165) is 12.4 Å². The molecule has 0 spiro atoms. The number of nitrogens with zero attached hydrogens (tertiary/aromatic N) is 5. The van der Waals surface area contributed by atoms with Crippen LogP contribution >= 0.6 is 0 Å². The van der Waals surface area contributed by atoms with Crippen LogP contribution < -0.4 is 5.32 Å². The zero-order valence-corrected chi connectivity index (χ0v) is 11.3. The molecule has 98 valence electrons. The first-order valence-corrected chi connectivity index (χ1v) is 6.24. The van der Waals surface area contributed by atoms with Gasteiger partial charge in [-0.15, -0.1) is 10.2 Å². The zero-order valence-electron chi connectivity index (χ0n) is 11.3. The summed E-state index contributed by atoms with van der Waals surface area (Å²) in [7, 11) is 1.95. The van der Waals surface area contributed by atoms with Crippen LogP contribution in [0.1, 0.15) is 44.2 Å². The Morgan fingerprint density at radius 3 is 2.67 bits per heavy atom. The van der Waals surface area contributed by atoms with E-state index in [1.165, 1.54) is 5.56 Å². The SMILES string of the molecule is CCn1cc(C(C)NC(C)c2nncn2C)cn1. The third-order valence-electron chi connectivity index (χ3n) is 3.11. The van der Waals surface area contributed by atoms with E-state index in [-0.39, 0.29) is 12.1 Å². The molecule has 2 aromatic rings. The van der Waals surface area contributed by atoms with E-state index in [1.807, 2.05) is 22.5 Å². The smallest absolute Gasteiger partial charge is 0.149 e. The van der Waals surface area contributed by atoms with Gasteiger partial charge in [-0.3, -0.25) is 4.68 Å². The van der Waals surface area contributed by atoms with E-state index in [9.17, 15) is 0 Å². The first-order chi connectivity index (χ1) is 8.61. The van der Waals surface area contributed by atoms with Crippen molar-refractivity contribution in [3.63, 3.8) is 0 Å². The second-order valence-electron chi connectivity index (χ2n) is 4.54. The van der Waals surface area contributed by atoms with Crippen LogP contribution in [0.4, 0.5) is 0 Å². The number of aryl methyl sites for hydroxylation is 2. The van der Waals surface area contributed by atoms with Crippen molar-refractivity contribution in [3.8, 4) is 0 Å². The molecular weight excluding hydrogens is 228 g/mol. The van der Waals surface area contributed by atoms with Gasteiger partial charge in [0.15, 0.2) is 0 Å². The van der Waals surface area contributed by atoms with Gasteiger partial charge in [0.05, 0.1) is 12.2 Å². The van der Waals surface area contributed by atoms with Crippen LogP contribution in [-0.2, 0) is 13.6 Å². The zero-order chi connectivity index (χ0) is 13.1. The summed E-state index contributed by atoms with van der Waals surface area (Å²) >= 11 is 0. The summed E-state index contributed by atoms with van der Waals surface area (Å²) < 4.78 is 3.86. The maximum absolute atomic E-state index is 4.29. The van der Waals surface area contributed by atoms with Crippen LogP contribution in [0, 0.1) is 0 Å². The van der Waals surface area contributed by atoms with Gasteiger partial charge in [-0.1, -0.05) is 0 Å². The fraction of sp³-hybridized carbons (Fsp3) is 0.583. The van der Waals surface area contributed by atoms with Crippen molar-refractivity contribution in [1.29, 1.82) is 0 Å². The molecule has 0 aliphatic rings. The highest BCUT2D eigenvalue weighted by atomic mass is 15.3. The quantitative estimate of drug-likeness (QED) is 0.870. The number of nitrogens with one attached hydrogen (secondary N) is 1. The second kappa shape index (κ2) is 5.30. The molecule has 0 aliphatic heterocycles. The largest absolute Gasteiger partial charge is 0.319 e. The summed E-state index contributed by atoms with van der Waals surface area (Å²) in [4.78, 5) is 0. The molecule has 0 aliphatic carbocycles. The third-order valence-corrected chi connectivity index (χ3v) is 3.11. The first-order valence-electron chi connectivity index (χ1n) is 6.24. The molecule has 0 amide bonds. The van der Waals surface area contributed by atoms with Crippen molar-refractivity contribution in [2.24, 2.45) is 7.05 Å². The molecule has 0 aromatic carbocycles. The predicted molar refractivity (Wildman–Crippen MR) is 68.9 cm³/mol. The first kappa shape index (κ1) is 12.8. The van der Waals surface area contributed by atoms with Crippen molar-refractivity contribution in [1.82, 2.24) is 29.9 Å². The Kier molecular flexibility index (Phi) is 3.76. The molecule has 1 N–H and O–H groups in total. The van der Waals surface area contributed by atoms with Gasteiger partial charge >= 0.3 is 0 Å². The van der Waals surface area contributed by atoms with Gasteiger partial charge < -0.3 is 9.88 Å². The third kappa shape index (κ3) is 2.59. The van der Waals surface area contributed by atoms with Crippen LogP contribution in [0.15, 0.2) is 18.7 Å². The summed E-state index contributed by atoms with van der Waals surface area (Å²) in [6.07, 6.45) is 5.69. The molecule has 2 atom stereocenters. The lowest BCUT2D eigenvalue weighted by molar-refractivity contribution is 0.465. The summed E-state index contributed by atoms with van der Waals surface area (Å²) in [5.41, 5.74) is 1.19. The summed E-state index contributed by atoms with van der Waals surface area (Å²) in [5, 5.41) is 15.8. The molecule has 2 unspecified atom stereocenters. The van der Waals surface area contributed by atoms with Crippen LogP contribution in [0.25, 0.3) is 0 Å².